The van der Waals surface area contributed by atoms with E-state index in [-0.39, 0.29) is 24.2 Å². The van der Waals surface area contributed by atoms with E-state index in [2.05, 4.69) is 76.9 Å². The Morgan fingerprint density at radius 1 is 1.02 bits per heavy atom. The van der Waals surface area contributed by atoms with Gasteiger partial charge in [0.15, 0.2) is 0 Å². The zero-order valence-corrected chi connectivity index (χ0v) is 25.3. The van der Waals surface area contributed by atoms with Crippen LogP contribution in [0.2, 0.25) is 0 Å². The predicted octanol–water partition coefficient (Wildman–Crippen LogP) is 4.53. The smallest absolute Gasteiger partial charge is 0.267 e. The summed E-state index contributed by atoms with van der Waals surface area (Å²) < 4.78 is 7.59. The molecule has 0 unspecified atom stereocenters. The van der Waals surface area contributed by atoms with E-state index < -0.39 is 0 Å². The molecule has 45 heavy (non-hydrogen) atoms. The molecule has 0 spiro atoms. The summed E-state index contributed by atoms with van der Waals surface area (Å²) in [6.45, 7) is 5.29. The minimum atomic E-state index is -0.289. The number of aromatic amines is 1. The number of fused-ring (bicyclic) bond motifs is 2. The lowest BCUT2D eigenvalue weighted by Gasteiger charge is -2.26. The third-order valence-corrected chi connectivity index (χ3v) is 7.89. The summed E-state index contributed by atoms with van der Waals surface area (Å²) in [6, 6.07) is 22.1. The number of carbonyl (C=O) groups excluding carboxylic acids is 2. The van der Waals surface area contributed by atoms with Gasteiger partial charge in [-0.05, 0) is 48.0 Å². The van der Waals surface area contributed by atoms with Gasteiger partial charge in [-0.25, -0.2) is 9.97 Å². The van der Waals surface area contributed by atoms with Crippen molar-refractivity contribution in [2.75, 3.05) is 50.0 Å². The number of halogens is 1. The molecule has 12 heteroatoms. The predicted molar refractivity (Wildman–Crippen MR) is 177 cm³/mol. The molecule has 0 bridgehead atoms. The molecule has 2 aliphatic heterocycles. The third kappa shape index (κ3) is 6.60. The van der Waals surface area contributed by atoms with Crippen LogP contribution in [0.25, 0.3) is 22.6 Å². The zero-order chi connectivity index (χ0) is 29.9. The van der Waals surface area contributed by atoms with Crippen molar-refractivity contribution in [1.82, 2.24) is 29.7 Å². The van der Waals surface area contributed by atoms with Crippen LogP contribution >= 0.6 is 12.4 Å². The molecule has 2 aromatic carbocycles. The fourth-order valence-corrected chi connectivity index (χ4v) is 5.62. The number of hydrogen-bond acceptors (Lipinski definition) is 7. The van der Waals surface area contributed by atoms with Gasteiger partial charge in [-0.1, -0.05) is 30.3 Å². The molecule has 0 radical (unpaired) electrons. The Kier molecular flexibility index (Phi) is 8.92. The van der Waals surface area contributed by atoms with Crippen molar-refractivity contribution in [3.63, 3.8) is 0 Å². The molecule has 2 aliphatic rings. The van der Waals surface area contributed by atoms with E-state index in [1.807, 2.05) is 24.3 Å². The van der Waals surface area contributed by atoms with Gasteiger partial charge in [0, 0.05) is 61.2 Å². The van der Waals surface area contributed by atoms with Crippen molar-refractivity contribution >= 4 is 64.1 Å². The molecular weight excluding hydrogens is 592 g/mol. The first-order valence-electron chi connectivity index (χ1n) is 14.7. The maximum Gasteiger partial charge on any atom is 0.267 e. The molecule has 11 nitrogen and oxygen atoms in total. The molecule has 0 aliphatic carbocycles. The maximum absolute atomic E-state index is 13.0. The quantitative estimate of drug-likeness (QED) is 0.177. The number of anilines is 3. The van der Waals surface area contributed by atoms with Crippen molar-refractivity contribution in [2.45, 2.75) is 6.54 Å². The van der Waals surface area contributed by atoms with Gasteiger partial charge in [-0.2, -0.15) is 0 Å². The van der Waals surface area contributed by atoms with Crippen LogP contribution in [0.15, 0.2) is 79.3 Å². The summed E-state index contributed by atoms with van der Waals surface area (Å²) in [5.74, 6) is 0.456. The Morgan fingerprint density at radius 3 is 2.71 bits per heavy atom. The number of H-pyrrole nitrogens is 1. The van der Waals surface area contributed by atoms with Gasteiger partial charge < -0.3 is 30.2 Å². The van der Waals surface area contributed by atoms with Crippen LogP contribution < -0.4 is 16.0 Å². The average molecular weight is 625 g/mol. The number of nitrogens with one attached hydrogen (secondary N) is 4. The number of ether oxygens (including phenoxy) is 1. The van der Waals surface area contributed by atoms with E-state index in [0.29, 0.717) is 40.7 Å². The van der Waals surface area contributed by atoms with Crippen LogP contribution in [0.3, 0.4) is 0 Å². The molecule has 5 aromatic rings. The Labute approximate surface area is 266 Å². The lowest BCUT2D eigenvalue weighted by Crippen LogP contribution is -2.41. The Balaban J connectivity index is 0.00000357. The van der Waals surface area contributed by atoms with Crippen molar-refractivity contribution in [3.8, 4) is 0 Å². The SMILES string of the molecule is Cl.O=C1Nc2ncnc(Nc3ccc4c(ccn4Cc4ccccc4)c3)c2C1=Cc1ccc(C(=O)NCCN2CCOCC2)[nH]1. The van der Waals surface area contributed by atoms with Crippen LogP contribution in [-0.4, -0.2) is 75.6 Å². The van der Waals surface area contributed by atoms with Crippen molar-refractivity contribution in [3.05, 3.63) is 102 Å². The van der Waals surface area contributed by atoms with E-state index in [0.717, 1.165) is 56.0 Å². The Bertz CT molecular complexity index is 1860. The normalized spacial score (nSPS) is 15.5. The minimum absolute atomic E-state index is 0. The number of benzene rings is 2. The number of nitrogens with zero attached hydrogens (tertiary/aromatic N) is 4. The molecule has 230 valence electrons. The maximum atomic E-state index is 13.0. The van der Waals surface area contributed by atoms with E-state index in [9.17, 15) is 9.59 Å². The molecule has 2 amide bonds. The first kappa shape index (κ1) is 30.1. The largest absolute Gasteiger partial charge is 0.379 e. The molecule has 3 aromatic heterocycles. The van der Waals surface area contributed by atoms with Gasteiger partial charge in [-0.15, -0.1) is 12.4 Å². The highest BCUT2D eigenvalue weighted by atomic mass is 35.5. The van der Waals surface area contributed by atoms with E-state index in [1.165, 1.54) is 11.9 Å². The highest BCUT2D eigenvalue weighted by molar-refractivity contribution is 6.35. The van der Waals surface area contributed by atoms with Crippen molar-refractivity contribution in [1.29, 1.82) is 0 Å². The Hall–Kier alpha value is -4.97. The standard InChI is InChI=1S/C33H32N8O3.ClH/c42-32-26(19-25-6-8-27(37-25)33(43)34-11-13-40-14-16-44-17-15-40)29-30(35-21-36-31(29)39-32)38-24-7-9-28-23(18-24)10-12-41(28)20-22-4-2-1-3-5-22;/h1-10,12,18-19,21,37H,11,13-17,20H2,(H,34,43)(H2,35,36,38,39,42);1H. The number of aromatic nitrogens is 4. The van der Waals surface area contributed by atoms with E-state index in [1.54, 1.807) is 18.2 Å². The third-order valence-electron chi connectivity index (χ3n) is 7.89. The lowest BCUT2D eigenvalue weighted by molar-refractivity contribution is -0.110. The number of carbonyl (C=O) groups is 2. The highest BCUT2D eigenvalue weighted by Gasteiger charge is 2.29. The topological polar surface area (TPSA) is 129 Å². The van der Waals surface area contributed by atoms with Gasteiger partial charge in [0.25, 0.3) is 11.8 Å². The van der Waals surface area contributed by atoms with Crippen LogP contribution in [0, 0.1) is 0 Å². The molecule has 4 N–H and O–H groups in total. The number of rotatable bonds is 9. The van der Waals surface area contributed by atoms with Gasteiger partial charge in [-0.3, -0.25) is 14.5 Å². The fourth-order valence-electron chi connectivity index (χ4n) is 5.62. The molecule has 7 rings (SSSR count). The molecule has 0 atom stereocenters. The fraction of sp³-hybridized carbons (Fsp3) is 0.212. The molecule has 0 saturated carbocycles. The lowest BCUT2D eigenvalue weighted by atomic mass is 10.1. The Morgan fingerprint density at radius 2 is 1.87 bits per heavy atom. The van der Waals surface area contributed by atoms with Gasteiger partial charge in [0.05, 0.1) is 24.4 Å². The molecule has 1 saturated heterocycles. The van der Waals surface area contributed by atoms with Gasteiger partial charge in [0.1, 0.15) is 23.7 Å². The summed E-state index contributed by atoms with van der Waals surface area (Å²) in [4.78, 5) is 39.9. The van der Waals surface area contributed by atoms with Crippen LogP contribution in [-0.2, 0) is 16.1 Å². The summed E-state index contributed by atoms with van der Waals surface area (Å²) in [5, 5.41) is 10.3. The van der Waals surface area contributed by atoms with E-state index >= 15 is 0 Å². The monoisotopic (exact) mass is 624 g/mol. The van der Waals surface area contributed by atoms with Crippen LogP contribution in [0.5, 0.6) is 0 Å². The first-order valence-corrected chi connectivity index (χ1v) is 14.7. The average Bonchev–Trinajstić information content (AvgIpc) is 3.76. The van der Waals surface area contributed by atoms with E-state index in [4.69, 9.17) is 4.74 Å². The minimum Gasteiger partial charge on any atom is -0.379 e. The summed E-state index contributed by atoms with van der Waals surface area (Å²) in [5.41, 5.74) is 5.22. The number of morpholine rings is 1. The summed E-state index contributed by atoms with van der Waals surface area (Å²) in [6.07, 6.45) is 5.22. The molecular formula is C33H33ClN8O3. The summed E-state index contributed by atoms with van der Waals surface area (Å²) >= 11 is 0. The zero-order valence-electron chi connectivity index (χ0n) is 24.5. The second kappa shape index (κ2) is 13.3. The highest BCUT2D eigenvalue weighted by Crippen LogP contribution is 2.37. The molecule has 5 heterocycles. The summed E-state index contributed by atoms with van der Waals surface area (Å²) in [7, 11) is 0. The van der Waals surface area contributed by atoms with Gasteiger partial charge in [0.2, 0.25) is 0 Å². The second-order valence-electron chi connectivity index (χ2n) is 10.8. The van der Waals surface area contributed by atoms with Crippen LogP contribution in [0.4, 0.5) is 17.3 Å². The second-order valence-corrected chi connectivity index (χ2v) is 10.8. The van der Waals surface area contributed by atoms with Crippen LogP contribution in [0.1, 0.15) is 27.3 Å². The first-order chi connectivity index (χ1) is 21.6. The van der Waals surface area contributed by atoms with Crippen molar-refractivity contribution < 1.29 is 14.3 Å². The molecule has 1 fully saturated rings. The van der Waals surface area contributed by atoms with Crippen molar-refractivity contribution in [2.24, 2.45) is 0 Å². The van der Waals surface area contributed by atoms with Gasteiger partial charge >= 0.3 is 0 Å². The number of amides is 2. The number of hydrogen-bond donors (Lipinski definition) is 4.